The van der Waals surface area contributed by atoms with E-state index in [0.717, 1.165) is 11.3 Å². The highest BCUT2D eigenvalue weighted by molar-refractivity contribution is 7.99. The van der Waals surface area contributed by atoms with Gasteiger partial charge in [0.15, 0.2) is 6.61 Å². The minimum Gasteiger partial charge on any atom is -0.497 e. The van der Waals surface area contributed by atoms with Crippen LogP contribution in [0.25, 0.3) is 0 Å². The molecule has 29 heavy (non-hydrogen) atoms. The summed E-state index contributed by atoms with van der Waals surface area (Å²) in [5, 5.41) is 2.30. The SMILES string of the molecule is COc1ccc(CNC(=O)COC(=O)[C@H]2CS[C@H](c3ccco3)N2C(C)=O)cc1. The first-order valence-electron chi connectivity index (χ1n) is 8.99. The largest absolute Gasteiger partial charge is 0.497 e. The van der Waals surface area contributed by atoms with Crippen molar-refractivity contribution in [2.75, 3.05) is 19.5 Å². The van der Waals surface area contributed by atoms with Gasteiger partial charge in [-0.05, 0) is 29.8 Å². The molecule has 0 bridgehead atoms. The van der Waals surface area contributed by atoms with E-state index in [1.54, 1.807) is 31.4 Å². The lowest BCUT2D eigenvalue weighted by Crippen LogP contribution is -2.43. The monoisotopic (exact) mass is 418 g/mol. The molecule has 1 aliphatic rings. The number of carbonyl (C=O) groups excluding carboxylic acids is 3. The number of hydrogen-bond acceptors (Lipinski definition) is 7. The zero-order valence-electron chi connectivity index (χ0n) is 16.1. The van der Waals surface area contributed by atoms with E-state index in [9.17, 15) is 14.4 Å². The van der Waals surface area contributed by atoms with E-state index in [0.29, 0.717) is 18.1 Å². The van der Waals surface area contributed by atoms with E-state index in [4.69, 9.17) is 13.9 Å². The van der Waals surface area contributed by atoms with Crippen LogP contribution in [0.15, 0.2) is 47.1 Å². The van der Waals surface area contributed by atoms with Gasteiger partial charge in [0, 0.05) is 19.2 Å². The summed E-state index contributed by atoms with van der Waals surface area (Å²) in [5.41, 5.74) is 0.890. The first-order chi connectivity index (χ1) is 14.0. The maximum atomic E-state index is 12.5. The zero-order valence-corrected chi connectivity index (χ0v) is 16.9. The number of furan rings is 1. The maximum Gasteiger partial charge on any atom is 0.330 e. The third kappa shape index (κ3) is 5.11. The summed E-state index contributed by atoms with van der Waals surface area (Å²) in [6.07, 6.45) is 1.52. The van der Waals surface area contributed by atoms with Crippen LogP contribution in [0.2, 0.25) is 0 Å². The Morgan fingerprint density at radius 1 is 1.24 bits per heavy atom. The lowest BCUT2D eigenvalue weighted by atomic mass is 10.2. The average molecular weight is 418 g/mol. The van der Waals surface area contributed by atoms with E-state index >= 15 is 0 Å². The summed E-state index contributed by atoms with van der Waals surface area (Å²) in [4.78, 5) is 38.0. The first-order valence-corrected chi connectivity index (χ1v) is 10.0. The van der Waals surface area contributed by atoms with Crippen molar-refractivity contribution >= 4 is 29.5 Å². The van der Waals surface area contributed by atoms with Crippen LogP contribution in [0.1, 0.15) is 23.6 Å². The quantitative estimate of drug-likeness (QED) is 0.688. The molecule has 0 radical (unpaired) electrons. The Labute approximate surface area is 172 Å². The second-order valence-electron chi connectivity index (χ2n) is 6.38. The summed E-state index contributed by atoms with van der Waals surface area (Å²) >= 11 is 1.42. The van der Waals surface area contributed by atoms with Crippen molar-refractivity contribution in [1.29, 1.82) is 0 Å². The molecule has 0 saturated carbocycles. The molecular formula is C20H22N2O6S. The molecular weight excluding hydrogens is 396 g/mol. The van der Waals surface area contributed by atoms with Gasteiger partial charge in [-0.15, -0.1) is 11.8 Å². The fraction of sp³-hybridized carbons (Fsp3) is 0.350. The van der Waals surface area contributed by atoms with E-state index in [-0.39, 0.29) is 11.3 Å². The standard InChI is InChI=1S/C20H22N2O6S/c1-13(23)22-16(12-29-19(22)17-4-3-9-27-17)20(25)28-11-18(24)21-10-14-5-7-15(26-2)8-6-14/h3-9,16,19H,10-12H2,1-2H3,(H,21,24)/t16-,19-/m1/s1. The van der Waals surface area contributed by atoms with Gasteiger partial charge < -0.3 is 24.1 Å². The summed E-state index contributed by atoms with van der Waals surface area (Å²) in [6.45, 7) is 1.29. The Bertz CT molecular complexity index is 852. The van der Waals surface area contributed by atoms with Crippen molar-refractivity contribution in [3.05, 3.63) is 54.0 Å². The van der Waals surface area contributed by atoms with Gasteiger partial charge in [0.2, 0.25) is 5.91 Å². The molecule has 2 amide bonds. The van der Waals surface area contributed by atoms with E-state index in [2.05, 4.69) is 5.32 Å². The Hall–Kier alpha value is -2.94. The smallest absolute Gasteiger partial charge is 0.330 e. The number of amides is 2. The Kier molecular flexibility index (Phi) is 6.82. The van der Waals surface area contributed by atoms with Gasteiger partial charge in [-0.25, -0.2) is 4.79 Å². The van der Waals surface area contributed by atoms with Crippen molar-refractivity contribution < 1.29 is 28.3 Å². The second-order valence-corrected chi connectivity index (χ2v) is 7.49. The fourth-order valence-corrected chi connectivity index (χ4v) is 4.37. The van der Waals surface area contributed by atoms with Gasteiger partial charge in [0.05, 0.1) is 13.4 Å². The second kappa shape index (κ2) is 9.51. The third-order valence-electron chi connectivity index (χ3n) is 4.42. The maximum absolute atomic E-state index is 12.5. The van der Waals surface area contributed by atoms with Gasteiger partial charge >= 0.3 is 5.97 Å². The van der Waals surface area contributed by atoms with Crippen LogP contribution in [0.5, 0.6) is 5.75 Å². The third-order valence-corrected chi connectivity index (χ3v) is 5.70. The zero-order chi connectivity index (χ0) is 20.8. The fourth-order valence-electron chi connectivity index (χ4n) is 2.95. The Balaban J connectivity index is 1.50. The molecule has 1 saturated heterocycles. The number of nitrogens with zero attached hydrogens (tertiary/aromatic N) is 1. The summed E-state index contributed by atoms with van der Waals surface area (Å²) in [7, 11) is 1.58. The van der Waals surface area contributed by atoms with Crippen LogP contribution in [-0.2, 0) is 25.7 Å². The number of benzene rings is 1. The molecule has 1 aromatic heterocycles. The molecule has 1 aliphatic heterocycles. The van der Waals surface area contributed by atoms with Crippen molar-refractivity contribution in [3.8, 4) is 5.75 Å². The van der Waals surface area contributed by atoms with Crippen LogP contribution in [0.3, 0.4) is 0 Å². The lowest BCUT2D eigenvalue weighted by molar-refractivity contribution is -0.156. The number of thioether (sulfide) groups is 1. The summed E-state index contributed by atoms with van der Waals surface area (Å²) in [5.74, 6) is 0.404. The van der Waals surface area contributed by atoms with Gasteiger partial charge in [-0.2, -0.15) is 0 Å². The highest BCUT2D eigenvalue weighted by atomic mass is 32.2. The van der Waals surface area contributed by atoms with E-state index in [1.165, 1.54) is 29.8 Å². The molecule has 1 aromatic carbocycles. The molecule has 8 nitrogen and oxygen atoms in total. The minimum absolute atomic E-state index is 0.262. The summed E-state index contributed by atoms with van der Waals surface area (Å²) < 4.78 is 15.6. The van der Waals surface area contributed by atoms with Gasteiger partial charge in [-0.1, -0.05) is 12.1 Å². The molecule has 2 atom stereocenters. The molecule has 1 fully saturated rings. The van der Waals surface area contributed by atoms with Crippen molar-refractivity contribution in [2.45, 2.75) is 24.9 Å². The molecule has 2 aromatic rings. The number of nitrogens with one attached hydrogen (secondary N) is 1. The predicted molar refractivity (Wildman–Crippen MR) is 106 cm³/mol. The molecule has 154 valence electrons. The first kappa shape index (κ1) is 20.8. The summed E-state index contributed by atoms with van der Waals surface area (Å²) in [6, 6.07) is 9.99. The molecule has 0 unspecified atom stereocenters. The number of rotatable bonds is 7. The van der Waals surface area contributed by atoms with E-state index < -0.39 is 24.5 Å². The van der Waals surface area contributed by atoms with Gasteiger partial charge in [-0.3, -0.25) is 9.59 Å². The van der Waals surface area contributed by atoms with Gasteiger partial charge in [0.1, 0.15) is 22.9 Å². The van der Waals surface area contributed by atoms with E-state index in [1.807, 2.05) is 12.1 Å². The predicted octanol–water partition coefficient (Wildman–Crippen LogP) is 2.11. The van der Waals surface area contributed by atoms with Crippen molar-refractivity contribution in [2.24, 2.45) is 0 Å². The molecule has 3 rings (SSSR count). The van der Waals surface area contributed by atoms with Crippen LogP contribution >= 0.6 is 11.8 Å². The molecule has 0 spiro atoms. The van der Waals surface area contributed by atoms with Crippen LogP contribution in [0.4, 0.5) is 0 Å². The van der Waals surface area contributed by atoms with Crippen LogP contribution in [-0.4, -0.2) is 48.2 Å². The Morgan fingerprint density at radius 3 is 2.62 bits per heavy atom. The van der Waals surface area contributed by atoms with Crippen LogP contribution < -0.4 is 10.1 Å². The topological polar surface area (TPSA) is 98.1 Å². The lowest BCUT2D eigenvalue weighted by Gasteiger charge is -2.25. The molecule has 9 heteroatoms. The van der Waals surface area contributed by atoms with Crippen molar-refractivity contribution in [3.63, 3.8) is 0 Å². The number of methoxy groups -OCH3 is 1. The minimum atomic E-state index is -0.762. The normalized spacial score (nSPS) is 18.3. The Morgan fingerprint density at radius 2 is 2.00 bits per heavy atom. The average Bonchev–Trinajstić information content (AvgIpc) is 3.40. The van der Waals surface area contributed by atoms with Gasteiger partial charge in [0.25, 0.3) is 5.91 Å². The highest BCUT2D eigenvalue weighted by Crippen LogP contribution is 2.41. The number of ether oxygens (including phenoxy) is 2. The number of carbonyl (C=O) groups is 3. The highest BCUT2D eigenvalue weighted by Gasteiger charge is 2.43. The molecule has 2 heterocycles. The number of hydrogen-bond donors (Lipinski definition) is 1. The van der Waals surface area contributed by atoms with Crippen LogP contribution in [0, 0.1) is 0 Å². The molecule has 0 aliphatic carbocycles. The number of esters is 1. The van der Waals surface area contributed by atoms with Crippen molar-refractivity contribution in [1.82, 2.24) is 10.2 Å². The molecule has 1 N–H and O–H groups in total.